The minimum absolute atomic E-state index is 0.144. The summed E-state index contributed by atoms with van der Waals surface area (Å²) in [7, 11) is 1.38. The van der Waals surface area contributed by atoms with E-state index in [0.717, 1.165) is 12.8 Å². The van der Waals surface area contributed by atoms with E-state index in [1.807, 2.05) is 34.7 Å². The Kier molecular flexibility index (Phi) is 8.24. The van der Waals surface area contributed by atoms with Gasteiger partial charge in [0.25, 0.3) is 0 Å². The number of carbonyl (C=O) groups excluding carboxylic acids is 2. The lowest BCUT2D eigenvalue weighted by molar-refractivity contribution is -0.140. The fourth-order valence-corrected chi connectivity index (χ4v) is 4.35. The van der Waals surface area contributed by atoms with Gasteiger partial charge in [0.05, 0.1) is 7.11 Å². The summed E-state index contributed by atoms with van der Waals surface area (Å²) >= 11 is 2.00. The minimum Gasteiger partial charge on any atom is -0.469 e. The van der Waals surface area contributed by atoms with Gasteiger partial charge in [0, 0.05) is 18.4 Å². The predicted octanol–water partition coefficient (Wildman–Crippen LogP) is 4.18. The summed E-state index contributed by atoms with van der Waals surface area (Å²) in [6.07, 6.45) is 15.6. The van der Waals surface area contributed by atoms with Gasteiger partial charge >= 0.3 is 5.97 Å². The van der Waals surface area contributed by atoms with E-state index >= 15 is 0 Å². The van der Waals surface area contributed by atoms with E-state index in [1.54, 1.807) is 12.2 Å². The number of carbonyl (C=O) groups is 2. The van der Waals surface area contributed by atoms with E-state index in [0.29, 0.717) is 31.3 Å². The second-order valence-electron chi connectivity index (χ2n) is 7.04. The fraction of sp³-hybridized carbons (Fsp3) is 0.619. The molecule has 1 N–H and O–H groups in total. The van der Waals surface area contributed by atoms with Crippen molar-refractivity contribution in [1.82, 2.24) is 0 Å². The van der Waals surface area contributed by atoms with Crippen LogP contribution >= 0.6 is 22.6 Å². The summed E-state index contributed by atoms with van der Waals surface area (Å²) < 4.78 is 9.21. The Morgan fingerprint density at radius 2 is 2.00 bits per heavy atom. The third kappa shape index (κ3) is 5.29. The number of fused-ring (bicyclic) bond motifs is 1. The van der Waals surface area contributed by atoms with Crippen molar-refractivity contribution < 1.29 is 24.2 Å². The van der Waals surface area contributed by atoms with E-state index < -0.39 is 15.3 Å². The summed E-state index contributed by atoms with van der Waals surface area (Å²) in [4.78, 5) is 23.7. The van der Waals surface area contributed by atoms with Gasteiger partial charge in [-0.2, -0.15) is 0 Å². The molecule has 2 aliphatic rings. The Labute approximate surface area is 175 Å². The number of allylic oxidation sites excluding steroid dienone is 4. The number of epoxide rings is 1. The van der Waals surface area contributed by atoms with Crippen molar-refractivity contribution in [3.8, 4) is 0 Å². The highest BCUT2D eigenvalue weighted by Gasteiger charge is 2.77. The molecule has 0 bridgehead atoms. The number of ketones is 1. The van der Waals surface area contributed by atoms with Crippen molar-refractivity contribution in [1.29, 1.82) is 0 Å². The van der Waals surface area contributed by atoms with Crippen LogP contribution in [0, 0.1) is 0 Å². The molecule has 0 amide bonds. The second-order valence-corrected chi connectivity index (χ2v) is 8.65. The molecule has 0 unspecified atom stereocenters. The molecule has 5 nitrogen and oxygen atoms in total. The van der Waals surface area contributed by atoms with E-state index in [9.17, 15) is 14.7 Å². The quantitative estimate of drug-likeness (QED) is 0.0899. The summed E-state index contributed by atoms with van der Waals surface area (Å²) in [5, 5.41) is 11.1. The Morgan fingerprint density at radius 1 is 1.26 bits per heavy atom. The van der Waals surface area contributed by atoms with Gasteiger partial charge in [-0.25, -0.2) is 0 Å². The zero-order chi connectivity index (χ0) is 19.9. The van der Waals surface area contributed by atoms with E-state index in [1.165, 1.54) is 20.0 Å². The van der Waals surface area contributed by atoms with Gasteiger partial charge in [-0.05, 0) is 48.3 Å². The smallest absolute Gasteiger partial charge is 0.305 e. The highest BCUT2D eigenvalue weighted by molar-refractivity contribution is 14.1. The number of rotatable bonds is 11. The summed E-state index contributed by atoms with van der Waals surface area (Å²) in [5.74, 6) is -0.369. The van der Waals surface area contributed by atoms with Crippen LogP contribution < -0.4 is 0 Å². The molecule has 1 saturated heterocycles. The normalized spacial score (nSPS) is 31.2. The zero-order valence-corrected chi connectivity index (χ0v) is 18.2. The van der Waals surface area contributed by atoms with Crippen LogP contribution in [0.3, 0.4) is 0 Å². The third-order valence-electron chi connectivity index (χ3n) is 4.97. The molecule has 1 saturated carbocycles. The van der Waals surface area contributed by atoms with Crippen LogP contribution in [0.2, 0.25) is 0 Å². The molecule has 27 heavy (non-hydrogen) atoms. The van der Waals surface area contributed by atoms with Gasteiger partial charge in [-0.1, -0.05) is 50.1 Å². The first-order chi connectivity index (χ1) is 12.9. The van der Waals surface area contributed by atoms with Gasteiger partial charge in [0.2, 0.25) is 9.39 Å². The maximum absolute atomic E-state index is 12.6. The lowest BCUT2D eigenvalue weighted by Gasteiger charge is -2.23. The lowest BCUT2D eigenvalue weighted by atomic mass is 9.90. The zero-order valence-electron chi connectivity index (χ0n) is 16.1. The number of aliphatic hydroxyl groups is 1. The number of alkyl halides is 1. The highest BCUT2D eigenvalue weighted by atomic mass is 127. The largest absolute Gasteiger partial charge is 0.469 e. The SMILES string of the molecule is CCCCC/C=C\C[C@]1(O)/C(=C\C=C/CCCC(=O)OC)C(=O)[C@@]2(I)O[C@H]21. The van der Waals surface area contributed by atoms with Crippen LogP contribution in [0.1, 0.15) is 58.3 Å². The third-order valence-corrected chi connectivity index (χ3v) is 6.28. The van der Waals surface area contributed by atoms with Gasteiger partial charge in [-0.3, -0.25) is 9.59 Å². The van der Waals surface area contributed by atoms with Crippen molar-refractivity contribution in [2.75, 3.05) is 7.11 Å². The van der Waals surface area contributed by atoms with E-state index in [-0.39, 0.29) is 11.8 Å². The van der Waals surface area contributed by atoms with Crippen LogP contribution in [0.25, 0.3) is 0 Å². The fourth-order valence-electron chi connectivity index (χ4n) is 3.29. The Bertz CT molecular complexity index is 638. The number of halogens is 1. The van der Waals surface area contributed by atoms with Crippen molar-refractivity contribution in [2.45, 2.75) is 73.6 Å². The summed E-state index contributed by atoms with van der Waals surface area (Å²) in [6.45, 7) is 2.17. The van der Waals surface area contributed by atoms with E-state index in [2.05, 4.69) is 17.7 Å². The molecule has 3 atom stereocenters. The van der Waals surface area contributed by atoms with Crippen LogP contribution in [0.15, 0.2) is 36.0 Å². The molecule has 0 radical (unpaired) electrons. The van der Waals surface area contributed by atoms with Gasteiger partial charge in [0.1, 0.15) is 11.7 Å². The molecular formula is C21H29IO5. The van der Waals surface area contributed by atoms with Crippen molar-refractivity contribution in [3.05, 3.63) is 36.0 Å². The van der Waals surface area contributed by atoms with Gasteiger partial charge in [-0.15, -0.1) is 0 Å². The van der Waals surface area contributed by atoms with Gasteiger partial charge in [0.15, 0.2) is 0 Å². The average Bonchev–Trinajstić information content (AvgIpc) is 3.33. The number of methoxy groups -OCH3 is 1. The Balaban J connectivity index is 1.95. The standard InChI is InChI=1S/C21H29IO5/c1-3-4-5-6-9-12-15-20(25)16(18(24)21(22)19(20)27-21)13-10-7-8-11-14-17(23)26-2/h7,9-10,12-13,19,25H,3-6,8,11,14-15H2,1-2H3/b10-7-,12-9-,16-13-/t19-,20-,21+/m0/s1. The summed E-state index contributed by atoms with van der Waals surface area (Å²) in [6, 6.07) is 0. The Hall–Kier alpha value is -0.990. The predicted molar refractivity (Wildman–Crippen MR) is 113 cm³/mol. The number of Topliss-reactive ketones (excluding diaryl/α,β-unsaturated/α-hetero) is 1. The molecule has 150 valence electrons. The molecule has 0 aromatic heterocycles. The molecule has 2 rings (SSSR count). The number of esters is 1. The average molecular weight is 488 g/mol. The van der Waals surface area contributed by atoms with Crippen molar-refractivity contribution in [2.24, 2.45) is 0 Å². The molecular weight excluding hydrogens is 459 g/mol. The molecule has 6 heteroatoms. The van der Waals surface area contributed by atoms with E-state index in [4.69, 9.17) is 4.74 Å². The number of hydrogen-bond acceptors (Lipinski definition) is 5. The highest BCUT2D eigenvalue weighted by Crippen LogP contribution is 2.60. The number of ether oxygens (including phenoxy) is 2. The van der Waals surface area contributed by atoms with Crippen molar-refractivity contribution >= 4 is 34.3 Å². The van der Waals surface area contributed by atoms with Gasteiger partial charge < -0.3 is 14.6 Å². The maximum Gasteiger partial charge on any atom is 0.305 e. The molecule has 1 heterocycles. The minimum atomic E-state index is -1.27. The number of hydrogen-bond donors (Lipinski definition) is 1. The molecule has 1 aliphatic heterocycles. The van der Waals surface area contributed by atoms with Crippen molar-refractivity contribution in [3.63, 3.8) is 0 Å². The molecule has 0 aromatic rings. The van der Waals surface area contributed by atoms with Crippen LogP contribution in [-0.4, -0.2) is 39.3 Å². The first-order valence-electron chi connectivity index (χ1n) is 9.63. The molecule has 1 aliphatic carbocycles. The monoisotopic (exact) mass is 488 g/mol. The molecule has 0 spiro atoms. The first-order valence-corrected chi connectivity index (χ1v) is 10.7. The van der Waals surface area contributed by atoms with Crippen LogP contribution in [-0.2, 0) is 19.1 Å². The van der Waals surface area contributed by atoms with Crippen LogP contribution in [0.5, 0.6) is 0 Å². The maximum atomic E-state index is 12.6. The van der Waals surface area contributed by atoms with Crippen LogP contribution in [0.4, 0.5) is 0 Å². The lowest BCUT2D eigenvalue weighted by Crippen LogP contribution is -2.35. The first kappa shape index (κ1) is 22.3. The second kappa shape index (κ2) is 9.98. The number of unbranched alkanes of at least 4 members (excludes halogenated alkanes) is 4. The molecule has 2 fully saturated rings. The molecule has 0 aromatic carbocycles. The topological polar surface area (TPSA) is 76.1 Å². The summed E-state index contributed by atoms with van der Waals surface area (Å²) in [5.41, 5.74) is -0.855. The Morgan fingerprint density at radius 3 is 2.70 bits per heavy atom.